The summed E-state index contributed by atoms with van der Waals surface area (Å²) in [6.07, 6.45) is 8.13. The highest BCUT2D eigenvalue weighted by atomic mass is 32.1. The van der Waals surface area contributed by atoms with E-state index in [2.05, 4.69) is 29.2 Å². The monoisotopic (exact) mass is 534 g/mol. The minimum atomic E-state index is -0.905. The summed E-state index contributed by atoms with van der Waals surface area (Å²) in [4.78, 5) is 19.4. The molecule has 1 aliphatic rings. The first-order valence-corrected chi connectivity index (χ1v) is 14.1. The number of rotatable bonds is 11. The number of benzene rings is 2. The molecule has 1 N–H and O–H groups in total. The zero-order valence-electron chi connectivity index (χ0n) is 21.9. The van der Waals surface area contributed by atoms with E-state index in [0.29, 0.717) is 12.0 Å². The zero-order chi connectivity index (χ0) is 26.5. The van der Waals surface area contributed by atoms with Crippen LogP contribution in [0.1, 0.15) is 54.9 Å². The fourth-order valence-electron chi connectivity index (χ4n) is 4.94. The van der Waals surface area contributed by atoms with Crippen molar-refractivity contribution < 1.29 is 19.4 Å². The molecule has 5 rings (SSSR count). The number of methoxy groups -OCH3 is 1. The Bertz CT molecular complexity index is 1350. The predicted octanol–water partition coefficient (Wildman–Crippen LogP) is 6.15. The summed E-state index contributed by atoms with van der Waals surface area (Å²) < 4.78 is 13.2. The summed E-state index contributed by atoms with van der Waals surface area (Å²) in [5, 5.41) is 15.1. The van der Waals surface area contributed by atoms with Crippen molar-refractivity contribution in [2.75, 3.05) is 31.8 Å². The maximum absolute atomic E-state index is 11.5. The van der Waals surface area contributed by atoms with E-state index in [1.54, 1.807) is 29.0 Å². The van der Waals surface area contributed by atoms with Crippen molar-refractivity contribution in [3.05, 3.63) is 59.8 Å². The Labute approximate surface area is 226 Å². The van der Waals surface area contributed by atoms with Crippen molar-refractivity contribution in [1.29, 1.82) is 0 Å². The van der Waals surface area contributed by atoms with Gasteiger partial charge < -0.3 is 19.5 Å². The van der Waals surface area contributed by atoms with Gasteiger partial charge in [0.15, 0.2) is 0 Å². The van der Waals surface area contributed by atoms with Gasteiger partial charge in [-0.3, -0.25) is 0 Å². The summed E-state index contributed by atoms with van der Waals surface area (Å²) in [6.45, 7) is 4.50. The van der Waals surface area contributed by atoms with Gasteiger partial charge in [0, 0.05) is 43.7 Å². The van der Waals surface area contributed by atoms with Gasteiger partial charge in [0.2, 0.25) is 4.96 Å². The van der Waals surface area contributed by atoms with Gasteiger partial charge in [0.25, 0.3) is 0 Å². The molecule has 200 valence electrons. The highest BCUT2D eigenvalue weighted by molar-refractivity contribution is 7.19. The van der Waals surface area contributed by atoms with Crippen molar-refractivity contribution in [3.8, 4) is 21.8 Å². The molecule has 0 saturated carbocycles. The van der Waals surface area contributed by atoms with Crippen molar-refractivity contribution >= 4 is 28.0 Å². The number of carbonyl (C=O) groups is 1. The van der Waals surface area contributed by atoms with Crippen molar-refractivity contribution in [2.45, 2.75) is 51.7 Å². The van der Waals surface area contributed by atoms with Gasteiger partial charge in [-0.2, -0.15) is 5.10 Å². The standard InChI is InChI=1S/C29H34N4O4S/c1-3-20-18-22(11-14-24(20)28(34)35)25-19-33-29(30-25)38-27(31-33)21-9-12-23(13-10-21)32-15-5-4-8-26(32)37-17-7-6-16-36-2/h9-14,18-19,26H,3-8,15-17H2,1-2H3,(H,34,35). The summed E-state index contributed by atoms with van der Waals surface area (Å²) >= 11 is 1.54. The number of fused-ring (bicyclic) bond motifs is 1. The molecule has 0 aliphatic carbocycles. The SMILES string of the molecule is CCc1cc(-c2cn3nc(-c4ccc(N5CCCCC5OCCCCOC)cc4)sc3n2)ccc1C(=O)O. The Kier molecular flexibility index (Phi) is 8.36. The molecule has 1 saturated heterocycles. The van der Waals surface area contributed by atoms with Crippen LogP contribution in [0.4, 0.5) is 5.69 Å². The van der Waals surface area contributed by atoms with Gasteiger partial charge in [-0.15, -0.1) is 0 Å². The predicted molar refractivity (Wildman–Crippen MR) is 150 cm³/mol. The van der Waals surface area contributed by atoms with Crippen LogP contribution >= 0.6 is 11.3 Å². The van der Waals surface area contributed by atoms with Gasteiger partial charge in [-0.1, -0.05) is 24.3 Å². The third kappa shape index (κ3) is 5.75. The quantitative estimate of drug-likeness (QED) is 0.231. The molecule has 3 heterocycles. The van der Waals surface area contributed by atoms with Crippen LogP contribution in [-0.2, 0) is 15.9 Å². The second-order valence-electron chi connectivity index (χ2n) is 9.55. The lowest BCUT2D eigenvalue weighted by atomic mass is 10.0. The van der Waals surface area contributed by atoms with E-state index in [1.807, 2.05) is 25.3 Å². The summed E-state index contributed by atoms with van der Waals surface area (Å²) in [7, 11) is 1.74. The molecule has 0 bridgehead atoms. The number of aromatic nitrogens is 3. The van der Waals surface area contributed by atoms with Gasteiger partial charge in [-0.05, 0) is 80.5 Å². The van der Waals surface area contributed by atoms with Crippen molar-refractivity contribution in [2.24, 2.45) is 0 Å². The van der Waals surface area contributed by atoms with E-state index >= 15 is 0 Å². The third-order valence-corrected chi connectivity index (χ3v) is 7.97. The maximum atomic E-state index is 11.5. The molecule has 9 heteroatoms. The number of carboxylic acid groups (broad SMARTS) is 1. The maximum Gasteiger partial charge on any atom is 0.335 e. The van der Waals surface area contributed by atoms with Gasteiger partial charge >= 0.3 is 5.97 Å². The number of aryl methyl sites for hydroxylation is 1. The normalized spacial score (nSPS) is 15.8. The molecule has 2 aromatic heterocycles. The summed E-state index contributed by atoms with van der Waals surface area (Å²) in [5.74, 6) is -0.905. The minimum absolute atomic E-state index is 0.122. The van der Waals surface area contributed by atoms with Crippen molar-refractivity contribution in [1.82, 2.24) is 14.6 Å². The van der Waals surface area contributed by atoms with Gasteiger partial charge in [0.05, 0.1) is 17.5 Å². The number of ether oxygens (including phenoxy) is 2. The molecule has 0 radical (unpaired) electrons. The lowest BCUT2D eigenvalue weighted by molar-refractivity contribution is 0.0299. The topological polar surface area (TPSA) is 89.2 Å². The molecule has 8 nitrogen and oxygen atoms in total. The molecule has 1 unspecified atom stereocenters. The van der Waals surface area contributed by atoms with Crippen LogP contribution in [0, 0.1) is 0 Å². The van der Waals surface area contributed by atoms with Crippen LogP contribution in [0.15, 0.2) is 48.7 Å². The Morgan fingerprint density at radius 2 is 1.89 bits per heavy atom. The third-order valence-electron chi connectivity index (χ3n) is 7.00. The lowest BCUT2D eigenvalue weighted by Crippen LogP contribution is -2.41. The van der Waals surface area contributed by atoms with E-state index < -0.39 is 5.97 Å². The highest BCUT2D eigenvalue weighted by Gasteiger charge is 2.23. The molecular weight excluding hydrogens is 500 g/mol. The summed E-state index contributed by atoms with van der Waals surface area (Å²) in [5.41, 5.74) is 5.05. The second-order valence-corrected chi connectivity index (χ2v) is 10.5. The fourth-order valence-corrected chi connectivity index (χ4v) is 5.83. The number of nitrogens with zero attached hydrogens (tertiary/aromatic N) is 4. The molecule has 38 heavy (non-hydrogen) atoms. The van der Waals surface area contributed by atoms with E-state index in [0.717, 1.165) is 71.4 Å². The summed E-state index contributed by atoms with van der Waals surface area (Å²) in [6, 6.07) is 13.9. The second kappa shape index (κ2) is 12.1. The van der Waals surface area contributed by atoms with E-state index in [4.69, 9.17) is 19.6 Å². The first-order valence-electron chi connectivity index (χ1n) is 13.3. The van der Waals surface area contributed by atoms with E-state index in [1.165, 1.54) is 18.5 Å². The van der Waals surface area contributed by atoms with Gasteiger partial charge in [-0.25, -0.2) is 14.3 Å². The number of aromatic carboxylic acids is 1. The first kappa shape index (κ1) is 26.3. The highest BCUT2D eigenvalue weighted by Crippen LogP contribution is 2.32. The number of carboxylic acids is 1. The Morgan fingerprint density at radius 1 is 1.11 bits per heavy atom. The lowest BCUT2D eigenvalue weighted by Gasteiger charge is -2.37. The molecule has 0 spiro atoms. The number of hydrogen-bond donors (Lipinski definition) is 1. The molecule has 4 aromatic rings. The zero-order valence-corrected chi connectivity index (χ0v) is 22.7. The molecule has 1 fully saturated rings. The van der Waals surface area contributed by atoms with Crippen LogP contribution in [0.2, 0.25) is 0 Å². The number of anilines is 1. The largest absolute Gasteiger partial charge is 0.478 e. The Hall–Kier alpha value is -3.27. The molecule has 0 amide bonds. The van der Waals surface area contributed by atoms with Crippen molar-refractivity contribution in [3.63, 3.8) is 0 Å². The number of piperidine rings is 1. The number of unbranched alkanes of at least 4 members (excludes halogenated alkanes) is 1. The first-order chi connectivity index (χ1) is 18.6. The smallest absolute Gasteiger partial charge is 0.335 e. The molecule has 1 atom stereocenters. The Balaban J connectivity index is 1.29. The van der Waals surface area contributed by atoms with E-state index in [-0.39, 0.29) is 6.23 Å². The fraction of sp³-hybridized carbons (Fsp3) is 0.414. The average Bonchev–Trinajstić information content (AvgIpc) is 3.53. The molecule has 1 aliphatic heterocycles. The minimum Gasteiger partial charge on any atom is -0.478 e. The number of imidazole rings is 1. The van der Waals surface area contributed by atoms with Crippen LogP contribution in [-0.4, -0.2) is 58.8 Å². The molecular formula is C29H34N4O4S. The van der Waals surface area contributed by atoms with Gasteiger partial charge in [0.1, 0.15) is 11.2 Å². The van der Waals surface area contributed by atoms with Crippen LogP contribution in [0.3, 0.4) is 0 Å². The van der Waals surface area contributed by atoms with Crippen LogP contribution in [0.25, 0.3) is 26.8 Å². The Morgan fingerprint density at radius 3 is 2.63 bits per heavy atom. The van der Waals surface area contributed by atoms with E-state index in [9.17, 15) is 9.90 Å². The number of hydrogen-bond acceptors (Lipinski definition) is 7. The van der Waals surface area contributed by atoms with Crippen LogP contribution < -0.4 is 4.90 Å². The molecule has 2 aromatic carbocycles. The van der Waals surface area contributed by atoms with Crippen LogP contribution in [0.5, 0.6) is 0 Å². The average molecular weight is 535 g/mol.